The maximum absolute atomic E-state index is 10.3. The van der Waals surface area contributed by atoms with Crippen molar-refractivity contribution < 1.29 is 33.1 Å². The van der Waals surface area contributed by atoms with Gasteiger partial charge in [-0.2, -0.15) is 0 Å². The van der Waals surface area contributed by atoms with Crippen LogP contribution >= 0.6 is 0 Å². The molecule has 0 aromatic carbocycles. The zero-order valence-electron chi connectivity index (χ0n) is 8.08. The highest BCUT2D eigenvalue weighted by molar-refractivity contribution is 5.56. The average molecular weight is 182 g/mol. The summed E-state index contributed by atoms with van der Waals surface area (Å²) in [5, 5.41) is 44.1. The number of carbonyl (C=O) groups is 1. The molecule has 0 aliphatic rings. The van der Waals surface area contributed by atoms with Gasteiger partial charge >= 0.3 is 0 Å². The fraction of sp³-hybridized carbons (Fsp3) is 0.833. The Hall–Kier alpha value is -0.530. The molecule has 0 aromatic heterocycles. The molecule has 0 radical (unpaired) electrons. The Balaban J connectivity index is 4.60. The highest BCUT2D eigenvalue weighted by Gasteiger charge is 2.29. The second kappa shape index (κ2) is 5.18. The molecular weight excluding hydrogens is 168 g/mol. The van der Waals surface area contributed by atoms with Gasteiger partial charge in [0.2, 0.25) is 0 Å². The van der Waals surface area contributed by atoms with Crippen LogP contribution in [0.1, 0.15) is 2.74 Å². The highest BCUT2D eigenvalue weighted by Crippen LogP contribution is 2.02. The number of aliphatic hydroxyl groups is 5. The molecular formula is C6H12O6. The standard InChI is InChI=1S/C6H12O6/c7-1-3(9)5(11)6(12)4(10)2-8/h1,3-6,8-12H,2H2/t3-,4+,5+,6+/m0/s1/i1D,3D. The summed E-state index contributed by atoms with van der Waals surface area (Å²) >= 11 is 0. The van der Waals surface area contributed by atoms with Crippen LogP contribution in [0.3, 0.4) is 0 Å². The molecule has 6 nitrogen and oxygen atoms in total. The van der Waals surface area contributed by atoms with Crippen LogP contribution in [0.25, 0.3) is 0 Å². The van der Waals surface area contributed by atoms with E-state index in [2.05, 4.69) is 0 Å². The van der Waals surface area contributed by atoms with Crippen LogP contribution in [0, 0.1) is 0 Å². The molecule has 72 valence electrons. The van der Waals surface area contributed by atoms with Crippen molar-refractivity contribution in [2.75, 3.05) is 6.61 Å². The van der Waals surface area contributed by atoms with Gasteiger partial charge in [-0.05, 0) is 0 Å². The Morgan fingerprint density at radius 3 is 2.17 bits per heavy atom. The normalized spacial score (nSPS) is 26.1. The number of aldehydes is 1. The van der Waals surface area contributed by atoms with Gasteiger partial charge in [-0.15, -0.1) is 0 Å². The van der Waals surface area contributed by atoms with E-state index in [1.165, 1.54) is 0 Å². The van der Waals surface area contributed by atoms with Crippen molar-refractivity contribution in [2.45, 2.75) is 24.4 Å². The van der Waals surface area contributed by atoms with E-state index in [1.807, 2.05) is 0 Å². The quantitative estimate of drug-likeness (QED) is 0.283. The molecule has 12 heavy (non-hydrogen) atoms. The second-order valence-electron chi connectivity index (χ2n) is 2.17. The lowest BCUT2D eigenvalue weighted by molar-refractivity contribution is -0.136. The second-order valence-corrected chi connectivity index (χ2v) is 2.17. The van der Waals surface area contributed by atoms with Gasteiger partial charge in [0.05, 0.1) is 7.98 Å². The molecule has 0 unspecified atom stereocenters. The summed E-state index contributed by atoms with van der Waals surface area (Å²) < 4.78 is 13.2. The molecule has 0 amide bonds. The molecule has 0 aliphatic carbocycles. The van der Waals surface area contributed by atoms with Crippen LogP contribution in [0.4, 0.5) is 0 Å². The molecule has 0 spiro atoms. The molecule has 0 fully saturated rings. The van der Waals surface area contributed by atoms with Crippen LogP contribution in [0.2, 0.25) is 0 Å². The Morgan fingerprint density at radius 1 is 1.33 bits per heavy atom. The minimum atomic E-state index is -3.23. The van der Waals surface area contributed by atoms with Gasteiger partial charge in [0.1, 0.15) is 25.8 Å². The molecule has 0 saturated carbocycles. The summed E-state index contributed by atoms with van der Waals surface area (Å²) in [5.74, 6) is 0. The number of rotatable bonds is 5. The summed E-state index contributed by atoms with van der Waals surface area (Å²) in [5.41, 5.74) is 0. The maximum atomic E-state index is 10.3. The number of hydrogen-bond donors (Lipinski definition) is 5. The van der Waals surface area contributed by atoms with Crippen molar-refractivity contribution in [3.8, 4) is 0 Å². The third-order valence-corrected chi connectivity index (χ3v) is 1.29. The van der Waals surface area contributed by atoms with E-state index in [9.17, 15) is 4.79 Å². The van der Waals surface area contributed by atoms with E-state index in [4.69, 9.17) is 28.3 Å². The van der Waals surface area contributed by atoms with Crippen LogP contribution in [0.5, 0.6) is 0 Å². The van der Waals surface area contributed by atoms with Gasteiger partial charge in [-0.25, -0.2) is 0 Å². The van der Waals surface area contributed by atoms with Crippen LogP contribution in [-0.2, 0) is 4.79 Å². The molecule has 0 aromatic rings. The minimum absolute atomic E-state index is 0.916. The van der Waals surface area contributed by atoms with E-state index in [-0.39, 0.29) is 0 Å². The summed E-state index contributed by atoms with van der Waals surface area (Å²) in [7, 11) is 0. The van der Waals surface area contributed by atoms with E-state index in [1.54, 1.807) is 0 Å². The van der Waals surface area contributed by atoms with E-state index >= 15 is 0 Å². The average Bonchev–Trinajstić information content (AvgIpc) is 2.13. The number of aliphatic hydroxyl groups excluding tert-OH is 4. The monoisotopic (exact) mass is 182 g/mol. The Morgan fingerprint density at radius 2 is 1.83 bits per heavy atom. The molecule has 5 N–H and O–H groups in total. The summed E-state index contributed by atoms with van der Waals surface area (Å²) in [6.07, 6.45) is -11.3. The Labute approximate surface area is 71.5 Å². The summed E-state index contributed by atoms with van der Waals surface area (Å²) in [6, 6.07) is 0. The third-order valence-electron chi connectivity index (χ3n) is 1.29. The molecule has 0 aliphatic heterocycles. The van der Waals surface area contributed by atoms with Crippen molar-refractivity contribution in [2.24, 2.45) is 0 Å². The van der Waals surface area contributed by atoms with Gasteiger partial charge in [0, 0.05) is 0 Å². The lowest BCUT2D eigenvalue weighted by Crippen LogP contribution is -2.46. The largest absolute Gasteiger partial charge is 0.394 e. The fourth-order valence-electron chi connectivity index (χ4n) is 0.541. The predicted octanol–water partition coefficient (Wildman–Crippen LogP) is -3.38. The van der Waals surface area contributed by atoms with Crippen molar-refractivity contribution in [1.82, 2.24) is 0 Å². The SMILES string of the molecule is [2H]C(=O)[C@]([2H])(O)[C@@H](O)[C@H](O)[C@H](O)CO. The highest BCUT2D eigenvalue weighted by atomic mass is 16.4. The van der Waals surface area contributed by atoms with Gasteiger partial charge < -0.3 is 30.3 Å². The Kier molecular flexibility index (Phi) is 3.49. The maximum Gasteiger partial charge on any atom is 0.151 e. The van der Waals surface area contributed by atoms with Gasteiger partial charge in [0.15, 0.2) is 6.26 Å². The smallest absolute Gasteiger partial charge is 0.151 e. The molecule has 6 heteroatoms. The first kappa shape index (κ1) is 8.09. The van der Waals surface area contributed by atoms with Crippen molar-refractivity contribution in [3.63, 3.8) is 0 Å². The van der Waals surface area contributed by atoms with Crippen LogP contribution in [-0.4, -0.2) is 62.8 Å². The van der Waals surface area contributed by atoms with Gasteiger partial charge in [0.25, 0.3) is 0 Å². The first-order valence-electron chi connectivity index (χ1n) is 4.13. The zero-order valence-corrected chi connectivity index (χ0v) is 6.08. The molecule has 4 atom stereocenters. The van der Waals surface area contributed by atoms with Crippen molar-refractivity contribution >= 4 is 6.26 Å². The van der Waals surface area contributed by atoms with Crippen molar-refractivity contribution in [1.29, 1.82) is 0 Å². The van der Waals surface area contributed by atoms with E-state index in [0.717, 1.165) is 0 Å². The summed E-state index contributed by atoms with van der Waals surface area (Å²) in [6.45, 7) is -0.916. The zero-order chi connectivity index (χ0) is 11.5. The fourth-order valence-corrected chi connectivity index (χ4v) is 0.541. The van der Waals surface area contributed by atoms with Crippen LogP contribution < -0.4 is 0 Å². The molecule has 0 rings (SSSR count). The first-order chi connectivity index (χ1) is 6.25. The Bertz CT molecular complexity index is 208. The first-order valence-corrected chi connectivity index (χ1v) is 3.13. The van der Waals surface area contributed by atoms with E-state index < -0.39 is 37.3 Å². The molecule has 0 saturated heterocycles. The molecule has 0 heterocycles. The number of carbonyl (C=O) groups excluding carboxylic acids is 1. The third kappa shape index (κ3) is 2.84. The van der Waals surface area contributed by atoms with Crippen molar-refractivity contribution in [3.05, 3.63) is 0 Å². The minimum Gasteiger partial charge on any atom is -0.394 e. The predicted molar refractivity (Wildman–Crippen MR) is 37.2 cm³/mol. The molecule has 0 bridgehead atoms. The van der Waals surface area contributed by atoms with Gasteiger partial charge in [-0.1, -0.05) is 0 Å². The van der Waals surface area contributed by atoms with Crippen LogP contribution in [0.15, 0.2) is 0 Å². The number of hydrogen-bond acceptors (Lipinski definition) is 6. The van der Waals surface area contributed by atoms with Gasteiger partial charge in [-0.3, -0.25) is 0 Å². The van der Waals surface area contributed by atoms with E-state index in [0.29, 0.717) is 0 Å². The lowest BCUT2D eigenvalue weighted by Gasteiger charge is -2.22. The summed E-state index contributed by atoms with van der Waals surface area (Å²) in [4.78, 5) is 10.3. The topological polar surface area (TPSA) is 118 Å². The lowest BCUT2D eigenvalue weighted by atomic mass is 10.0.